The van der Waals surface area contributed by atoms with E-state index in [1.54, 1.807) is 25.2 Å². The number of nitrogens with one attached hydrogen (secondary N) is 1. The number of likely N-dealkylation sites (N-methyl/N-ethyl adjacent to an activating group) is 1. The van der Waals surface area contributed by atoms with Crippen LogP contribution in [0.3, 0.4) is 0 Å². The Morgan fingerprint density at radius 1 is 1.17 bits per heavy atom. The van der Waals surface area contributed by atoms with Gasteiger partial charge in [0.05, 0.1) is 29.7 Å². The van der Waals surface area contributed by atoms with E-state index in [1.165, 1.54) is 21.9 Å². The number of carboxylic acid groups (broad SMARTS) is 1. The van der Waals surface area contributed by atoms with Gasteiger partial charge in [0.1, 0.15) is 23.2 Å². The van der Waals surface area contributed by atoms with Crippen LogP contribution in [0.4, 0.5) is 4.79 Å². The van der Waals surface area contributed by atoms with Crippen molar-refractivity contribution in [2.75, 3.05) is 45.8 Å². The van der Waals surface area contributed by atoms with Crippen LogP contribution in [-0.4, -0.2) is 86.9 Å². The van der Waals surface area contributed by atoms with E-state index in [1.807, 2.05) is 12.1 Å². The number of halogens is 2. The molecule has 0 radical (unpaired) electrons. The average Bonchev–Trinajstić information content (AvgIpc) is 3.32. The molecule has 2 amide bonds. The smallest absolute Gasteiger partial charge is 0.413 e. The van der Waals surface area contributed by atoms with Crippen molar-refractivity contribution < 1.29 is 27.9 Å². The number of rotatable bonds is 11. The van der Waals surface area contributed by atoms with Gasteiger partial charge < -0.3 is 20.1 Å². The quantitative estimate of drug-likeness (QED) is 0.407. The fraction of sp³-hybridized carbons (Fsp3) is 0.348. The fourth-order valence-corrected chi connectivity index (χ4v) is 5.86. The molecule has 0 saturated carbocycles. The van der Waals surface area contributed by atoms with Crippen molar-refractivity contribution in [2.45, 2.75) is 11.4 Å². The molecule has 0 fully saturated rings. The zero-order valence-electron chi connectivity index (χ0n) is 19.5. The summed E-state index contributed by atoms with van der Waals surface area (Å²) in [7, 11) is -2.09. The molecule has 0 unspecified atom stereocenters. The highest BCUT2D eigenvalue weighted by Gasteiger charge is 2.24. The first-order valence-corrected chi connectivity index (χ1v) is 13.3. The van der Waals surface area contributed by atoms with Crippen LogP contribution >= 0.6 is 23.2 Å². The number of benzene rings is 2. The second kappa shape index (κ2) is 12.5. The number of aliphatic imine (C=N–C) groups is 1. The van der Waals surface area contributed by atoms with E-state index in [0.717, 1.165) is 5.56 Å². The van der Waals surface area contributed by atoms with Crippen molar-refractivity contribution in [2.24, 2.45) is 4.99 Å². The summed E-state index contributed by atoms with van der Waals surface area (Å²) in [5.74, 6) is -0.199. The molecule has 2 aromatic rings. The number of carbonyl (C=O) groups excluding carboxylic acids is 1. The minimum Gasteiger partial charge on any atom is -0.465 e. The van der Waals surface area contributed by atoms with Gasteiger partial charge in [-0.25, -0.2) is 13.2 Å². The Kier molecular flexibility index (Phi) is 9.69. The van der Waals surface area contributed by atoms with Crippen LogP contribution in [0.1, 0.15) is 11.1 Å². The summed E-state index contributed by atoms with van der Waals surface area (Å²) in [4.78, 5) is 30.5. The van der Waals surface area contributed by atoms with Gasteiger partial charge in [0.25, 0.3) is 0 Å². The predicted octanol–water partition coefficient (Wildman–Crippen LogP) is 2.73. The highest BCUT2D eigenvalue weighted by molar-refractivity contribution is 7.91. The molecular formula is C23H26Cl2N4O6S. The topological polar surface area (TPSA) is 129 Å². The second-order valence-corrected chi connectivity index (χ2v) is 10.7. The highest BCUT2D eigenvalue weighted by Crippen LogP contribution is 2.29. The fourth-order valence-electron chi connectivity index (χ4n) is 3.47. The number of sulfone groups is 1. The Morgan fingerprint density at radius 3 is 2.47 bits per heavy atom. The molecule has 0 saturated heterocycles. The van der Waals surface area contributed by atoms with Crippen molar-refractivity contribution in [1.82, 2.24) is 15.1 Å². The van der Waals surface area contributed by atoms with Crippen molar-refractivity contribution in [3.63, 3.8) is 0 Å². The molecule has 0 aliphatic carbocycles. The molecule has 0 bridgehead atoms. The van der Waals surface area contributed by atoms with E-state index >= 15 is 0 Å². The maximum atomic E-state index is 12.5. The zero-order valence-corrected chi connectivity index (χ0v) is 21.8. The molecular weight excluding hydrogens is 531 g/mol. The van der Waals surface area contributed by atoms with Crippen LogP contribution in [-0.2, 0) is 25.9 Å². The van der Waals surface area contributed by atoms with Crippen LogP contribution < -0.4 is 5.32 Å². The number of nitrogens with zero attached hydrogens (tertiary/aromatic N) is 3. The SMILES string of the molecule is CN(Cc1ccc(C2=NCCN2C(=O)O)cc1)C(=O)COCCNCS(=O)(=O)c1c(Cl)cccc1Cl. The number of amides is 2. The minimum absolute atomic E-state index is 0.0540. The number of carbonyl (C=O) groups is 2. The van der Waals surface area contributed by atoms with E-state index in [4.69, 9.17) is 27.9 Å². The average molecular weight is 557 g/mol. The maximum Gasteiger partial charge on any atom is 0.413 e. The number of ether oxygens (including phenoxy) is 1. The summed E-state index contributed by atoms with van der Waals surface area (Å²) >= 11 is 11.9. The lowest BCUT2D eigenvalue weighted by Gasteiger charge is -2.18. The van der Waals surface area contributed by atoms with Gasteiger partial charge in [0.15, 0.2) is 9.84 Å². The van der Waals surface area contributed by atoms with Gasteiger partial charge in [-0.3, -0.25) is 14.7 Å². The van der Waals surface area contributed by atoms with Gasteiger partial charge in [-0.05, 0) is 17.7 Å². The van der Waals surface area contributed by atoms with E-state index < -0.39 is 15.9 Å². The largest absolute Gasteiger partial charge is 0.465 e. The Balaban J connectivity index is 1.39. The van der Waals surface area contributed by atoms with Crippen LogP contribution in [0.5, 0.6) is 0 Å². The number of hydrogen-bond acceptors (Lipinski definition) is 7. The molecule has 10 nitrogen and oxygen atoms in total. The first-order chi connectivity index (χ1) is 17.1. The van der Waals surface area contributed by atoms with Crippen molar-refractivity contribution in [3.05, 3.63) is 63.6 Å². The second-order valence-electron chi connectivity index (χ2n) is 7.95. The summed E-state index contributed by atoms with van der Waals surface area (Å²) in [6, 6.07) is 11.7. The third kappa shape index (κ3) is 7.17. The van der Waals surface area contributed by atoms with E-state index in [9.17, 15) is 23.1 Å². The molecule has 2 aromatic carbocycles. The van der Waals surface area contributed by atoms with Crippen molar-refractivity contribution >= 4 is 50.9 Å². The lowest BCUT2D eigenvalue weighted by atomic mass is 10.1. The zero-order chi connectivity index (χ0) is 26.3. The van der Waals surface area contributed by atoms with Gasteiger partial charge in [-0.15, -0.1) is 0 Å². The van der Waals surface area contributed by atoms with Crippen LogP contribution in [0, 0.1) is 0 Å². The molecule has 2 N–H and O–H groups in total. The Labute approximate surface area is 219 Å². The van der Waals surface area contributed by atoms with Crippen molar-refractivity contribution in [3.8, 4) is 0 Å². The first kappa shape index (κ1) is 27.9. The molecule has 1 aliphatic heterocycles. The molecule has 0 spiro atoms. The Hall–Kier alpha value is -2.70. The molecule has 0 atom stereocenters. The Bertz CT molecular complexity index is 1220. The van der Waals surface area contributed by atoms with Crippen LogP contribution in [0.2, 0.25) is 10.0 Å². The monoisotopic (exact) mass is 556 g/mol. The normalized spacial score (nSPS) is 13.5. The third-order valence-corrected chi connectivity index (χ3v) is 7.80. The standard InChI is InChI=1S/C23H26Cl2N4O6S/c1-28(13-16-5-7-17(8-6-16)22-27-9-11-29(22)23(31)32)20(30)14-35-12-10-26-15-36(33,34)21-18(24)3-2-4-19(21)25/h2-8,26H,9-15H2,1H3,(H,31,32). The Morgan fingerprint density at radius 2 is 1.83 bits per heavy atom. The van der Waals surface area contributed by atoms with Gasteiger partial charge in [-0.2, -0.15) is 0 Å². The highest BCUT2D eigenvalue weighted by atomic mass is 35.5. The van der Waals surface area contributed by atoms with E-state index in [2.05, 4.69) is 10.3 Å². The van der Waals surface area contributed by atoms with Gasteiger partial charge in [0.2, 0.25) is 5.91 Å². The first-order valence-electron chi connectivity index (χ1n) is 10.9. The summed E-state index contributed by atoms with van der Waals surface area (Å²) in [6.07, 6.45) is -1.04. The molecule has 194 valence electrons. The molecule has 1 aliphatic rings. The van der Waals surface area contributed by atoms with Gasteiger partial charge in [0, 0.05) is 25.7 Å². The van der Waals surface area contributed by atoms with Gasteiger partial charge >= 0.3 is 6.09 Å². The van der Waals surface area contributed by atoms with Crippen LogP contribution in [0.15, 0.2) is 52.4 Å². The number of hydrogen-bond donors (Lipinski definition) is 2. The molecule has 13 heteroatoms. The van der Waals surface area contributed by atoms with Crippen LogP contribution in [0.25, 0.3) is 0 Å². The minimum atomic E-state index is -3.73. The maximum absolute atomic E-state index is 12.5. The number of amidine groups is 1. The summed E-state index contributed by atoms with van der Waals surface area (Å²) in [5.41, 5.74) is 1.56. The lowest BCUT2D eigenvalue weighted by Crippen LogP contribution is -2.33. The summed E-state index contributed by atoms with van der Waals surface area (Å²) < 4.78 is 30.3. The molecule has 0 aromatic heterocycles. The lowest BCUT2D eigenvalue weighted by molar-refractivity contribution is -0.135. The summed E-state index contributed by atoms with van der Waals surface area (Å²) in [6.45, 7) is 1.28. The van der Waals surface area contributed by atoms with E-state index in [0.29, 0.717) is 31.0 Å². The van der Waals surface area contributed by atoms with E-state index in [-0.39, 0.29) is 46.5 Å². The molecule has 1 heterocycles. The summed E-state index contributed by atoms with van der Waals surface area (Å²) in [5, 5.41) is 12.1. The van der Waals surface area contributed by atoms with Crippen molar-refractivity contribution in [1.29, 1.82) is 0 Å². The molecule has 36 heavy (non-hydrogen) atoms. The third-order valence-electron chi connectivity index (χ3n) is 5.30. The van der Waals surface area contributed by atoms with Gasteiger partial charge in [-0.1, -0.05) is 53.5 Å². The predicted molar refractivity (Wildman–Crippen MR) is 136 cm³/mol. The molecule has 3 rings (SSSR count).